The molecular formula is C28H45ClFN3O2. The van der Waals surface area contributed by atoms with E-state index in [1.807, 2.05) is 24.1 Å². The van der Waals surface area contributed by atoms with E-state index in [0.717, 1.165) is 51.6 Å². The van der Waals surface area contributed by atoms with Crippen LogP contribution in [0, 0.1) is 17.7 Å². The number of methoxy groups -OCH3 is 1. The van der Waals surface area contributed by atoms with Gasteiger partial charge >= 0.3 is 6.03 Å². The molecule has 1 aromatic carbocycles. The van der Waals surface area contributed by atoms with E-state index in [0.29, 0.717) is 24.6 Å². The maximum absolute atomic E-state index is 15.1. The molecule has 198 valence electrons. The molecular weight excluding hydrogens is 465 g/mol. The average Bonchev–Trinajstić information content (AvgIpc) is 2.87. The van der Waals surface area contributed by atoms with Gasteiger partial charge in [-0.3, -0.25) is 0 Å². The number of unbranched alkanes of at least 4 members (excludes halogenated alkanes) is 1. The third-order valence-electron chi connectivity index (χ3n) is 7.93. The molecule has 1 heterocycles. The van der Waals surface area contributed by atoms with Crippen LogP contribution in [0.2, 0.25) is 5.02 Å². The number of amides is 2. The van der Waals surface area contributed by atoms with E-state index >= 15 is 4.39 Å². The van der Waals surface area contributed by atoms with Gasteiger partial charge in [-0.25, -0.2) is 9.18 Å². The lowest BCUT2D eigenvalue weighted by Crippen LogP contribution is -2.51. The van der Waals surface area contributed by atoms with Crippen LogP contribution < -0.4 is 10.6 Å². The van der Waals surface area contributed by atoms with Gasteiger partial charge < -0.3 is 20.3 Å². The molecule has 3 rings (SSSR count). The predicted octanol–water partition coefficient (Wildman–Crippen LogP) is 6.36. The van der Waals surface area contributed by atoms with E-state index in [9.17, 15) is 4.79 Å². The molecule has 3 atom stereocenters. The lowest BCUT2D eigenvalue weighted by molar-refractivity contribution is 0.146. The maximum atomic E-state index is 15.1. The summed E-state index contributed by atoms with van der Waals surface area (Å²) in [5, 5.41) is 6.76. The summed E-state index contributed by atoms with van der Waals surface area (Å²) in [5.41, 5.74) is 0.688. The van der Waals surface area contributed by atoms with Crippen LogP contribution in [-0.2, 0) is 4.74 Å². The fourth-order valence-electron chi connectivity index (χ4n) is 6.12. The van der Waals surface area contributed by atoms with Crippen molar-refractivity contribution in [1.82, 2.24) is 15.5 Å². The van der Waals surface area contributed by atoms with Crippen molar-refractivity contribution >= 4 is 17.6 Å². The van der Waals surface area contributed by atoms with Crippen LogP contribution in [-0.4, -0.2) is 57.4 Å². The highest BCUT2D eigenvalue weighted by Crippen LogP contribution is 2.38. The Morgan fingerprint density at radius 1 is 1.20 bits per heavy atom. The third-order valence-corrected chi connectivity index (χ3v) is 8.22. The number of benzene rings is 1. The van der Waals surface area contributed by atoms with E-state index in [1.54, 1.807) is 13.2 Å². The molecule has 1 aliphatic heterocycles. The summed E-state index contributed by atoms with van der Waals surface area (Å²) in [4.78, 5) is 15.3. The Bertz CT molecular complexity index is 775. The van der Waals surface area contributed by atoms with E-state index in [1.165, 1.54) is 32.1 Å². The van der Waals surface area contributed by atoms with Crippen LogP contribution in [0.15, 0.2) is 18.2 Å². The molecule has 2 aliphatic rings. The number of piperidine rings is 1. The molecule has 0 radical (unpaired) electrons. The fourth-order valence-corrected chi connectivity index (χ4v) is 6.30. The number of hydrogen-bond acceptors (Lipinski definition) is 3. The minimum atomic E-state index is -0.311. The summed E-state index contributed by atoms with van der Waals surface area (Å²) in [6.45, 7) is 2.90. The summed E-state index contributed by atoms with van der Waals surface area (Å²) < 4.78 is 20.3. The highest BCUT2D eigenvalue weighted by atomic mass is 35.5. The zero-order valence-corrected chi connectivity index (χ0v) is 22.4. The second-order valence-corrected chi connectivity index (χ2v) is 10.9. The van der Waals surface area contributed by atoms with Gasteiger partial charge in [0.2, 0.25) is 0 Å². The number of likely N-dealkylation sites (N-methyl/N-ethyl adjacent to an activating group) is 1. The summed E-state index contributed by atoms with van der Waals surface area (Å²) in [6, 6.07) is 5.48. The molecule has 1 saturated carbocycles. The van der Waals surface area contributed by atoms with Crippen LogP contribution in [0.4, 0.5) is 9.18 Å². The number of halogens is 2. The lowest BCUT2D eigenvalue weighted by atomic mass is 9.78. The zero-order chi connectivity index (χ0) is 25.0. The molecule has 2 unspecified atom stereocenters. The molecule has 2 N–H and O–H groups in total. The Morgan fingerprint density at radius 3 is 2.74 bits per heavy atom. The Balaban J connectivity index is 1.66. The van der Waals surface area contributed by atoms with Gasteiger partial charge in [-0.1, -0.05) is 62.3 Å². The number of nitrogens with zero attached hydrogens (tertiary/aromatic N) is 1. The quantitative estimate of drug-likeness (QED) is 0.322. The topological polar surface area (TPSA) is 53.6 Å². The highest BCUT2D eigenvalue weighted by Gasteiger charge is 2.32. The largest absolute Gasteiger partial charge is 0.385 e. The van der Waals surface area contributed by atoms with E-state index < -0.39 is 0 Å². The number of carbonyl (C=O) groups is 1. The van der Waals surface area contributed by atoms with Gasteiger partial charge in [0.25, 0.3) is 0 Å². The molecule has 1 saturated heterocycles. The normalized spacial score (nSPS) is 21.0. The molecule has 0 spiro atoms. The van der Waals surface area contributed by atoms with Crippen LogP contribution in [0.25, 0.3) is 0 Å². The minimum Gasteiger partial charge on any atom is -0.385 e. The van der Waals surface area contributed by atoms with Gasteiger partial charge in [-0.15, -0.1) is 0 Å². The number of rotatable bonds is 12. The molecule has 1 aliphatic carbocycles. The average molecular weight is 510 g/mol. The van der Waals surface area contributed by atoms with Crippen molar-refractivity contribution in [3.05, 3.63) is 34.6 Å². The molecule has 7 heteroatoms. The smallest absolute Gasteiger partial charge is 0.317 e. The van der Waals surface area contributed by atoms with Crippen molar-refractivity contribution < 1.29 is 13.9 Å². The van der Waals surface area contributed by atoms with Crippen LogP contribution in [0.5, 0.6) is 0 Å². The first-order valence-electron chi connectivity index (χ1n) is 13.7. The van der Waals surface area contributed by atoms with Crippen molar-refractivity contribution in [2.45, 2.75) is 82.6 Å². The number of carbonyl (C=O) groups excluding carboxylic acids is 1. The van der Waals surface area contributed by atoms with Crippen LogP contribution in [0.1, 0.15) is 82.1 Å². The summed E-state index contributed by atoms with van der Waals surface area (Å²) in [6.07, 6.45) is 12.3. The molecule has 2 amide bonds. The molecule has 2 fully saturated rings. The molecule has 1 aromatic rings. The summed E-state index contributed by atoms with van der Waals surface area (Å²) in [5.74, 6) is 0.649. The second-order valence-electron chi connectivity index (χ2n) is 10.5. The van der Waals surface area contributed by atoms with Crippen LogP contribution in [0.3, 0.4) is 0 Å². The number of nitrogens with one attached hydrogen (secondary N) is 2. The van der Waals surface area contributed by atoms with Crippen molar-refractivity contribution in [2.75, 3.05) is 40.4 Å². The SMILES string of the molecule is CNCC(CC1CCCCC1)NC(=O)N1CCCC([C@H](CCCCOC)c2cccc(Cl)c2F)C1. The first-order valence-corrected chi connectivity index (χ1v) is 14.0. The summed E-state index contributed by atoms with van der Waals surface area (Å²) >= 11 is 6.15. The third kappa shape index (κ3) is 8.61. The highest BCUT2D eigenvalue weighted by molar-refractivity contribution is 6.30. The Hall–Kier alpha value is -1.37. The minimum absolute atomic E-state index is 0.0236. The van der Waals surface area contributed by atoms with Gasteiger partial charge in [0.1, 0.15) is 5.82 Å². The fraction of sp³-hybridized carbons (Fsp3) is 0.750. The van der Waals surface area contributed by atoms with Gasteiger partial charge in [0.05, 0.1) is 5.02 Å². The van der Waals surface area contributed by atoms with E-state index in [2.05, 4.69) is 10.6 Å². The number of urea groups is 1. The number of hydrogen-bond donors (Lipinski definition) is 2. The van der Waals surface area contributed by atoms with Crippen LogP contribution >= 0.6 is 11.6 Å². The number of ether oxygens (including phenoxy) is 1. The van der Waals surface area contributed by atoms with Crippen molar-refractivity contribution in [3.63, 3.8) is 0 Å². The van der Waals surface area contributed by atoms with Gasteiger partial charge in [0, 0.05) is 39.4 Å². The van der Waals surface area contributed by atoms with E-state index in [-0.39, 0.29) is 34.7 Å². The zero-order valence-electron chi connectivity index (χ0n) is 21.7. The maximum Gasteiger partial charge on any atom is 0.317 e. The molecule has 0 bridgehead atoms. The Morgan fingerprint density at radius 2 is 2.00 bits per heavy atom. The molecule has 5 nitrogen and oxygen atoms in total. The van der Waals surface area contributed by atoms with Gasteiger partial charge in [-0.2, -0.15) is 0 Å². The van der Waals surface area contributed by atoms with Gasteiger partial charge in [0.15, 0.2) is 0 Å². The predicted molar refractivity (Wildman–Crippen MR) is 142 cm³/mol. The second kappa shape index (κ2) is 15.0. The van der Waals surface area contributed by atoms with Gasteiger partial charge in [-0.05, 0) is 68.5 Å². The molecule has 0 aromatic heterocycles. The lowest BCUT2D eigenvalue weighted by Gasteiger charge is -2.38. The van der Waals surface area contributed by atoms with E-state index in [4.69, 9.17) is 16.3 Å². The van der Waals surface area contributed by atoms with Crippen molar-refractivity contribution in [3.8, 4) is 0 Å². The standard InChI is InChI=1S/C28H45ClFN3O2/c1-31-19-23(18-21-10-4-3-5-11-21)32-28(34)33-16-9-12-22(20-33)24(13-6-7-17-35-2)25-14-8-15-26(29)27(25)30/h8,14-15,21-24,31H,3-7,9-13,16-20H2,1-2H3,(H,32,34)/t22?,23?,24-/m0/s1. The first-order chi connectivity index (χ1) is 17.0. The van der Waals surface area contributed by atoms with Crippen molar-refractivity contribution in [2.24, 2.45) is 11.8 Å². The monoisotopic (exact) mass is 509 g/mol. The first kappa shape index (κ1) is 28.2. The number of likely N-dealkylation sites (tertiary alicyclic amines) is 1. The summed E-state index contributed by atoms with van der Waals surface area (Å²) in [7, 11) is 3.66. The Kier molecular flexibility index (Phi) is 12.1. The Labute approximate surface area is 216 Å². The van der Waals surface area contributed by atoms with Crippen molar-refractivity contribution in [1.29, 1.82) is 0 Å². The molecule has 35 heavy (non-hydrogen) atoms.